The van der Waals surface area contributed by atoms with Crippen LogP contribution >= 0.6 is 0 Å². The van der Waals surface area contributed by atoms with Gasteiger partial charge in [-0.2, -0.15) is 0 Å². The molecule has 0 fully saturated rings. The number of hydrogen-bond acceptors (Lipinski definition) is 2. The Morgan fingerprint density at radius 3 is 2.62 bits per heavy atom. The molecule has 0 unspecified atom stereocenters. The van der Waals surface area contributed by atoms with Crippen molar-refractivity contribution in [3.8, 4) is 5.75 Å². The standard InChI is InChI=1S/C17H16FNO2/c1-21-17-5-3-12(9-15(17)18)10-19-7-6-14-8-13(11-20)2-4-16(14)19/h2-9,20H,10-11H2,1H3. The first-order valence-electron chi connectivity index (χ1n) is 6.72. The second kappa shape index (κ2) is 5.58. The summed E-state index contributed by atoms with van der Waals surface area (Å²) in [4.78, 5) is 0. The zero-order valence-corrected chi connectivity index (χ0v) is 11.7. The van der Waals surface area contributed by atoms with Gasteiger partial charge in [-0.05, 0) is 46.8 Å². The topological polar surface area (TPSA) is 34.4 Å². The molecular weight excluding hydrogens is 269 g/mol. The number of hydrogen-bond donors (Lipinski definition) is 1. The quantitative estimate of drug-likeness (QED) is 0.798. The minimum Gasteiger partial charge on any atom is -0.494 e. The molecule has 1 aromatic heterocycles. The number of rotatable bonds is 4. The van der Waals surface area contributed by atoms with Gasteiger partial charge in [0.15, 0.2) is 11.6 Å². The van der Waals surface area contributed by atoms with Crippen molar-refractivity contribution in [1.29, 1.82) is 0 Å². The highest BCUT2D eigenvalue weighted by molar-refractivity contribution is 5.81. The van der Waals surface area contributed by atoms with Gasteiger partial charge in [0, 0.05) is 18.3 Å². The average Bonchev–Trinajstić information content (AvgIpc) is 2.89. The van der Waals surface area contributed by atoms with Crippen molar-refractivity contribution in [2.75, 3.05) is 7.11 Å². The number of methoxy groups -OCH3 is 1. The van der Waals surface area contributed by atoms with E-state index in [1.165, 1.54) is 13.2 Å². The Morgan fingerprint density at radius 2 is 1.90 bits per heavy atom. The van der Waals surface area contributed by atoms with E-state index in [4.69, 9.17) is 9.84 Å². The Kier molecular flexibility index (Phi) is 3.62. The van der Waals surface area contributed by atoms with Gasteiger partial charge in [-0.3, -0.25) is 0 Å². The Bertz CT molecular complexity index is 780. The molecule has 3 aromatic rings. The van der Waals surface area contributed by atoms with Crippen molar-refractivity contribution in [1.82, 2.24) is 4.57 Å². The molecule has 0 radical (unpaired) electrons. The summed E-state index contributed by atoms with van der Waals surface area (Å²) in [6.07, 6.45) is 1.97. The zero-order valence-electron chi connectivity index (χ0n) is 11.7. The summed E-state index contributed by atoms with van der Waals surface area (Å²) >= 11 is 0. The monoisotopic (exact) mass is 285 g/mol. The number of aliphatic hydroxyl groups is 1. The molecule has 21 heavy (non-hydrogen) atoms. The molecule has 1 heterocycles. The lowest BCUT2D eigenvalue weighted by Crippen LogP contribution is -1.99. The maximum Gasteiger partial charge on any atom is 0.165 e. The van der Waals surface area contributed by atoms with E-state index in [1.54, 1.807) is 6.07 Å². The Hall–Kier alpha value is -2.33. The van der Waals surface area contributed by atoms with Crippen molar-refractivity contribution in [3.63, 3.8) is 0 Å². The van der Waals surface area contributed by atoms with Crippen LogP contribution in [0.5, 0.6) is 5.75 Å². The minimum absolute atomic E-state index is 0.0326. The zero-order chi connectivity index (χ0) is 14.8. The van der Waals surface area contributed by atoms with Crippen LogP contribution in [0.2, 0.25) is 0 Å². The first kappa shape index (κ1) is 13.6. The molecule has 0 aliphatic carbocycles. The second-order valence-electron chi connectivity index (χ2n) is 4.96. The minimum atomic E-state index is -0.353. The summed E-state index contributed by atoms with van der Waals surface area (Å²) in [5.74, 6) is -0.0993. The summed E-state index contributed by atoms with van der Waals surface area (Å²) in [7, 11) is 1.45. The predicted molar refractivity (Wildman–Crippen MR) is 79.9 cm³/mol. The molecule has 2 aromatic carbocycles. The SMILES string of the molecule is COc1ccc(Cn2ccc3cc(CO)ccc32)cc1F. The van der Waals surface area contributed by atoms with E-state index in [0.717, 1.165) is 22.0 Å². The van der Waals surface area contributed by atoms with Crippen LogP contribution in [-0.2, 0) is 13.2 Å². The molecule has 3 rings (SSSR count). The average molecular weight is 285 g/mol. The third-order valence-corrected chi connectivity index (χ3v) is 3.59. The van der Waals surface area contributed by atoms with E-state index >= 15 is 0 Å². The lowest BCUT2D eigenvalue weighted by atomic mass is 10.1. The molecule has 0 bridgehead atoms. The Morgan fingerprint density at radius 1 is 1.10 bits per heavy atom. The van der Waals surface area contributed by atoms with Crippen molar-refractivity contribution < 1.29 is 14.2 Å². The normalized spacial score (nSPS) is 11.0. The van der Waals surface area contributed by atoms with Crippen LogP contribution in [0.1, 0.15) is 11.1 Å². The lowest BCUT2D eigenvalue weighted by molar-refractivity contribution is 0.282. The third-order valence-electron chi connectivity index (χ3n) is 3.59. The van der Waals surface area contributed by atoms with Crippen LogP contribution in [0.25, 0.3) is 10.9 Å². The van der Waals surface area contributed by atoms with E-state index in [1.807, 2.05) is 36.5 Å². The molecule has 1 N–H and O–H groups in total. The fourth-order valence-corrected chi connectivity index (χ4v) is 2.49. The van der Waals surface area contributed by atoms with Gasteiger partial charge in [0.05, 0.1) is 13.7 Å². The maximum absolute atomic E-state index is 13.7. The van der Waals surface area contributed by atoms with Crippen LogP contribution in [0, 0.1) is 5.82 Å². The number of aromatic nitrogens is 1. The largest absolute Gasteiger partial charge is 0.494 e. The lowest BCUT2D eigenvalue weighted by Gasteiger charge is -2.08. The summed E-state index contributed by atoms with van der Waals surface area (Å²) in [5.41, 5.74) is 2.82. The molecule has 108 valence electrons. The molecule has 0 saturated heterocycles. The molecule has 0 aliphatic heterocycles. The summed E-state index contributed by atoms with van der Waals surface area (Å²) in [6, 6.07) is 12.8. The van der Waals surface area contributed by atoms with Gasteiger partial charge in [-0.1, -0.05) is 12.1 Å². The molecule has 0 amide bonds. The highest BCUT2D eigenvalue weighted by Crippen LogP contribution is 2.22. The van der Waals surface area contributed by atoms with Gasteiger partial charge in [0.25, 0.3) is 0 Å². The highest BCUT2D eigenvalue weighted by atomic mass is 19.1. The Labute approximate surface area is 122 Å². The van der Waals surface area contributed by atoms with Crippen molar-refractivity contribution in [2.45, 2.75) is 13.2 Å². The first-order chi connectivity index (χ1) is 10.2. The van der Waals surface area contributed by atoms with E-state index in [9.17, 15) is 4.39 Å². The Balaban J connectivity index is 1.93. The fourth-order valence-electron chi connectivity index (χ4n) is 2.49. The van der Waals surface area contributed by atoms with Gasteiger partial charge in [-0.25, -0.2) is 4.39 Å². The summed E-state index contributed by atoms with van der Waals surface area (Å²) in [5, 5.41) is 10.2. The van der Waals surface area contributed by atoms with Gasteiger partial charge in [-0.15, -0.1) is 0 Å². The number of fused-ring (bicyclic) bond motifs is 1. The fraction of sp³-hybridized carbons (Fsp3) is 0.176. The summed E-state index contributed by atoms with van der Waals surface area (Å²) in [6.45, 7) is 0.619. The van der Waals surface area contributed by atoms with Gasteiger partial charge in [0.1, 0.15) is 0 Å². The first-order valence-corrected chi connectivity index (χ1v) is 6.72. The third kappa shape index (κ3) is 2.62. The van der Waals surface area contributed by atoms with E-state index < -0.39 is 0 Å². The van der Waals surface area contributed by atoms with E-state index in [-0.39, 0.29) is 18.2 Å². The van der Waals surface area contributed by atoms with Gasteiger partial charge >= 0.3 is 0 Å². The molecule has 0 aliphatic rings. The van der Waals surface area contributed by atoms with Crippen molar-refractivity contribution >= 4 is 10.9 Å². The molecule has 0 saturated carbocycles. The number of halogens is 1. The molecule has 0 spiro atoms. The number of nitrogens with zero attached hydrogens (tertiary/aromatic N) is 1. The molecule has 3 nitrogen and oxygen atoms in total. The maximum atomic E-state index is 13.7. The molecule has 0 atom stereocenters. The van der Waals surface area contributed by atoms with Gasteiger partial charge in [0.2, 0.25) is 0 Å². The predicted octanol–water partition coefficient (Wildman–Crippen LogP) is 3.33. The van der Waals surface area contributed by atoms with Crippen LogP contribution in [0.4, 0.5) is 4.39 Å². The number of aliphatic hydroxyl groups excluding tert-OH is 1. The van der Waals surface area contributed by atoms with Crippen LogP contribution in [-0.4, -0.2) is 16.8 Å². The second-order valence-corrected chi connectivity index (χ2v) is 4.96. The smallest absolute Gasteiger partial charge is 0.165 e. The van der Waals surface area contributed by atoms with Gasteiger partial charge < -0.3 is 14.4 Å². The highest BCUT2D eigenvalue weighted by Gasteiger charge is 2.06. The number of ether oxygens (including phenoxy) is 1. The number of benzene rings is 2. The van der Waals surface area contributed by atoms with Crippen molar-refractivity contribution in [2.24, 2.45) is 0 Å². The van der Waals surface area contributed by atoms with E-state index in [0.29, 0.717) is 6.54 Å². The summed E-state index contributed by atoms with van der Waals surface area (Å²) < 4.78 is 20.7. The molecule has 4 heteroatoms. The van der Waals surface area contributed by atoms with Crippen molar-refractivity contribution in [3.05, 3.63) is 65.6 Å². The van der Waals surface area contributed by atoms with Crippen LogP contribution < -0.4 is 4.74 Å². The van der Waals surface area contributed by atoms with Crippen LogP contribution in [0.3, 0.4) is 0 Å². The molecular formula is C17H16FNO2. The van der Waals surface area contributed by atoms with Crippen LogP contribution in [0.15, 0.2) is 48.7 Å². The van der Waals surface area contributed by atoms with E-state index in [2.05, 4.69) is 4.57 Å².